The Balaban J connectivity index is 2.38. The molecule has 2 rings (SSSR count). The first kappa shape index (κ1) is 9.80. The maximum Gasteiger partial charge on any atom is 0.125 e. The number of rotatable bonds is 1. The number of benzene rings is 1. The third-order valence-electron chi connectivity index (χ3n) is 2.49. The Hall–Kier alpha value is -0.740. The van der Waals surface area contributed by atoms with Crippen LogP contribution in [0.5, 0.6) is 0 Å². The Kier molecular flexibility index (Phi) is 2.65. The van der Waals surface area contributed by atoms with Gasteiger partial charge in [0, 0.05) is 17.7 Å². The van der Waals surface area contributed by atoms with Crippen molar-refractivity contribution in [3.05, 3.63) is 24.0 Å². The van der Waals surface area contributed by atoms with Crippen LogP contribution in [0, 0.1) is 5.82 Å². The van der Waals surface area contributed by atoms with Crippen molar-refractivity contribution in [2.45, 2.75) is 10.9 Å². The van der Waals surface area contributed by atoms with E-state index in [1.54, 1.807) is 17.8 Å². The van der Waals surface area contributed by atoms with Gasteiger partial charge in [-0.15, -0.1) is 11.8 Å². The molecule has 2 nitrogen and oxygen atoms in total. The van der Waals surface area contributed by atoms with Gasteiger partial charge in [-0.3, -0.25) is 0 Å². The molecule has 0 aromatic heterocycles. The summed E-state index contributed by atoms with van der Waals surface area (Å²) in [5, 5.41) is 9.11. The molecule has 4 heteroatoms. The first-order chi connectivity index (χ1) is 6.72. The number of likely N-dealkylation sites (N-methyl/N-ethyl adjacent to an activating group) is 1. The van der Waals surface area contributed by atoms with Crippen molar-refractivity contribution >= 4 is 17.4 Å². The van der Waals surface area contributed by atoms with Gasteiger partial charge in [0.25, 0.3) is 0 Å². The number of hydrogen-bond donors (Lipinski definition) is 1. The molecule has 76 valence electrons. The third kappa shape index (κ3) is 1.60. The molecule has 0 radical (unpaired) electrons. The molecule has 1 aromatic carbocycles. The molecule has 1 heterocycles. The number of thioether (sulfide) groups is 1. The Morgan fingerprint density at radius 2 is 2.43 bits per heavy atom. The van der Waals surface area contributed by atoms with Gasteiger partial charge in [-0.2, -0.15) is 0 Å². The summed E-state index contributed by atoms with van der Waals surface area (Å²) in [6.45, 7) is 0.111. The SMILES string of the molecule is CN1c2cc(F)ccc2SCC1CO. The highest BCUT2D eigenvalue weighted by atomic mass is 32.2. The summed E-state index contributed by atoms with van der Waals surface area (Å²) in [5.74, 6) is 0.626. The predicted molar refractivity (Wildman–Crippen MR) is 56.4 cm³/mol. The molecule has 0 fully saturated rings. The highest BCUT2D eigenvalue weighted by Crippen LogP contribution is 2.36. The van der Waals surface area contributed by atoms with Crippen LogP contribution in [0.3, 0.4) is 0 Å². The van der Waals surface area contributed by atoms with Crippen molar-refractivity contribution < 1.29 is 9.50 Å². The minimum atomic E-state index is -0.227. The van der Waals surface area contributed by atoms with Gasteiger partial charge in [-0.1, -0.05) is 0 Å². The van der Waals surface area contributed by atoms with E-state index in [1.807, 2.05) is 11.9 Å². The predicted octanol–water partition coefficient (Wildman–Crippen LogP) is 1.73. The smallest absolute Gasteiger partial charge is 0.125 e. The second-order valence-electron chi connectivity index (χ2n) is 3.37. The lowest BCUT2D eigenvalue weighted by Crippen LogP contribution is -2.39. The molecule has 0 bridgehead atoms. The molecular formula is C10H12FNOS. The number of halogens is 1. The van der Waals surface area contributed by atoms with E-state index >= 15 is 0 Å². The van der Waals surface area contributed by atoms with Gasteiger partial charge in [0.1, 0.15) is 5.82 Å². The molecule has 0 amide bonds. The number of fused-ring (bicyclic) bond motifs is 1. The lowest BCUT2D eigenvalue weighted by atomic mass is 10.2. The van der Waals surface area contributed by atoms with Crippen LogP contribution >= 0.6 is 11.8 Å². The highest BCUT2D eigenvalue weighted by Gasteiger charge is 2.23. The van der Waals surface area contributed by atoms with Crippen LogP contribution in [0.4, 0.5) is 10.1 Å². The second kappa shape index (κ2) is 3.79. The topological polar surface area (TPSA) is 23.5 Å². The zero-order valence-electron chi connectivity index (χ0n) is 7.90. The molecule has 0 aliphatic carbocycles. The molecule has 14 heavy (non-hydrogen) atoms. The lowest BCUT2D eigenvalue weighted by Gasteiger charge is -2.34. The molecule has 0 spiro atoms. The minimum absolute atomic E-state index is 0.0919. The van der Waals surface area contributed by atoms with E-state index in [0.29, 0.717) is 0 Å². The first-order valence-corrected chi connectivity index (χ1v) is 5.47. The summed E-state index contributed by atoms with van der Waals surface area (Å²) in [6, 6.07) is 4.87. The average Bonchev–Trinajstić information content (AvgIpc) is 2.20. The lowest BCUT2D eigenvalue weighted by molar-refractivity contribution is 0.271. The average molecular weight is 213 g/mol. The minimum Gasteiger partial charge on any atom is -0.394 e. The quantitative estimate of drug-likeness (QED) is 0.768. The molecule has 1 N–H and O–H groups in total. The Morgan fingerprint density at radius 3 is 3.14 bits per heavy atom. The van der Waals surface area contributed by atoms with Crippen molar-refractivity contribution in [1.29, 1.82) is 0 Å². The number of hydrogen-bond acceptors (Lipinski definition) is 3. The Morgan fingerprint density at radius 1 is 1.64 bits per heavy atom. The standard InChI is InChI=1S/C10H12FNOS/c1-12-8(5-13)6-14-10-3-2-7(11)4-9(10)12/h2-4,8,13H,5-6H2,1H3. The molecule has 1 unspecified atom stereocenters. The van der Waals surface area contributed by atoms with Crippen LogP contribution in [0.15, 0.2) is 23.1 Å². The largest absolute Gasteiger partial charge is 0.394 e. The summed E-state index contributed by atoms with van der Waals surface area (Å²) in [5.41, 5.74) is 0.875. The summed E-state index contributed by atoms with van der Waals surface area (Å²) in [4.78, 5) is 3.02. The van der Waals surface area contributed by atoms with Crippen molar-refractivity contribution in [3.63, 3.8) is 0 Å². The van der Waals surface area contributed by atoms with Gasteiger partial charge in [0.15, 0.2) is 0 Å². The maximum absolute atomic E-state index is 13.0. The number of anilines is 1. The third-order valence-corrected chi connectivity index (χ3v) is 3.70. The van der Waals surface area contributed by atoms with Gasteiger partial charge >= 0.3 is 0 Å². The number of aliphatic hydroxyl groups is 1. The van der Waals surface area contributed by atoms with Gasteiger partial charge in [0.05, 0.1) is 18.3 Å². The Labute approximate surface area is 86.7 Å². The monoisotopic (exact) mass is 213 g/mol. The first-order valence-electron chi connectivity index (χ1n) is 4.48. The van der Waals surface area contributed by atoms with Crippen molar-refractivity contribution in [3.8, 4) is 0 Å². The number of aliphatic hydroxyl groups excluding tert-OH is 1. The van der Waals surface area contributed by atoms with Crippen LogP contribution in [0.25, 0.3) is 0 Å². The van der Waals surface area contributed by atoms with E-state index in [2.05, 4.69) is 0 Å². The fourth-order valence-corrected chi connectivity index (χ4v) is 2.77. The van der Waals surface area contributed by atoms with Crippen molar-refractivity contribution in [2.75, 3.05) is 24.3 Å². The van der Waals surface area contributed by atoms with Crippen LogP contribution in [0.1, 0.15) is 0 Å². The fourth-order valence-electron chi connectivity index (χ4n) is 1.56. The van der Waals surface area contributed by atoms with E-state index < -0.39 is 0 Å². The fraction of sp³-hybridized carbons (Fsp3) is 0.400. The number of nitrogens with zero attached hydrogens (tertiary/aromatic N) is 1. The zero-order chi connectivity index (χ0) is 10.1. The molecule has 1 atom stereocenters. The Bertz CT molecular complexity index is 345. The summed E-state index contributed by atoms with van der Waals surface area (Å²) < 4.78 is 13.0. The molecule has 1 aromatic rings. The van der Waals surface area contributed by atoms with Gasteiger partial charge in [-0.25, -0.2) is 4.39 Å². The zero-order valence-corrected chi connectivity index (χ0v) is 8.72. The van der Waals surface area contributed by atoms with Crippen LogP contribution in [-0.2, 0) is 0 Å². The van der Waals surface area contributed by atoms with Gasteiger partial charge in [-0.05, 0) is 18.2 Å². The van der Waals surface area contributed by atoms with Crippen molar-refractivity contribution in [2.24, 2.45) is 0 Å². The molecule has 1 aliphatic heterocycles. The van der Waals surface area contributed by atoms with Crippen LogP contribution in [0.2, 0.25) is 0 Å². The molecule has 1 aliphatic rings. The van der Waals surface area contributed by atoms with Crippen LogP contribution < -0.4 is 4.90 Å². The molecule has 0 saturated heterocycles. The van der Waals surface area contributed by atoms with E-state index in [1.165, 1.54) is 12.1 Å². The normalized spacial score (nSPS) is 20.8. The van der Waals surface area contributed by atoms with E-state index in [0.717, 1.165) is 16.3 Å². The summed E-state index contributed by atoms with van der Waals surface area (Å²) >= 11 is 1.67. The molecule has 0 saturated carbocycles. The van der Waals surface area contributed by atoms with Gasteiger partial charge in [0.2, 0.25) is 0 Å². The summed E-state index contributed by atoms with van der Waals surface area (Å²) in [7, 11) is 1.89. The van der Waals surface area contributed by atoms with E-state index in [-0.39, 0.29) is 18.5 Å². The second-order valence-corrected chi connectivity index (χ2v) is 4.43. The maximum atomic E-state index is 13.0. The van der Waals surface area contributed by atoms with E-state index in [9.17, 15) is 4.39 Å². The van der Waals surface area contributed by atoms with Crippen molar-refractivity contribution in [1.82, 2.24) is 0 Å². The summed E-state index contributed by atoms with van der Waals surface area (Å²) in [6.07, 6.45) is 0. The highest BCUT2D eigenvalue weighted by molar-refractivity contribution is 7.99. The van der Waals surface area contributed by atoms with Crippen LogP contribution in [-0.4, -0.2) is 30.6 Å². The molecular weight excluding hydrogens is 201 g/mol. The van der Waals surface area contributed by atoms with Gasteiger partial charge < -0.3 is 10.0 Å². The van der Waals surface area contributed by atoms with E-state index in [4.69, 9.17) is 5.11 Å².